The molecule has 2 rings (SSSR count). The topological polar surface area (TPSA) is 79.6 Å². The highest BCUT2D eigenvalue weighted by molar-refractivity contribution is 7.89. The van der Waals surface area contributed by atoms with Gasteiger partial charge >= 0.3 is 0 Å². The number of benzene rings is 1. The van der Waals surface area contributed by atoms with E-state index in [4.69, 9.17) is 4.42 Å². The van der Waals surface area contributed by atoms with Crippen molar-refractivity contribution in [3.8, 4) is 0 Å². The zero-order chi connectivity index (χ0) is 19.2. The Balaban J connectivity index is 2.25. The van der Waals surface area contributed by atoms with Gasteiger partial charge in [-0.2, -0.15) is 4.31 Å². The summed E-state index contributed by atoms with van der Waals surface area (Å²) in [4.78, 5) is 12.6. The van der Waals surface area contributed by atoms with Crippen LogP contribution in [0.2, 0.25) is 0 Å². The van der Waals surface area contributed by atoms with Crippen LogP contribution in [0.15, 0.2) is 52.0 Å². The summed E-state index contributed by atoms with van der Waals surface area (Å²) in [6.45, 7) is 5.60. The van der Waals surface area contributed by atoms with Crippen LogP contribution in [-0.2, 0) is 21.4 Å². The number of rotatable bonds is 9. The molecule has 0 saturated carbocycles. The fraction of sp³-hybridized carbons (Fsp3) is 0.421. The van der Waals surface area contributed by atoms with E-state index in [1.165, 1.54) is 6.26 Å². The van der Waals surface area contributed by atoms with Gasteiger partial charge in [0.15, 0.2) is 0 Å². The van der Waals surface area contributed by atoms with Gasteiger partial charge in [-0.1, -0.05) is 31.5 Å². The van der Waals surface area contributed by atoms with Crippen LogP contribution >= 0.6 is 0 Å². The van der Waals surface area contributed by atoms with Crippen molar-refractivity contribution in [1.29, 1.82) is 0 Å². The number of carbonyl (C=O) groups excluding carboxylic acids is 1. The van der Waals surface area contributed by atoms with E-state index in [0.717, 1.165) is 22.7 Å². The van der Waals surface area contributed by atoms with E-state index in [1.54, 1.807) is 36.4 Å². The van der Waals surface area contributed by atoms with E-state index in [2.05, 4.69) is 5.32 Å². The Morgan fingerprint density at radius 3 is 2.35 bits per heavy atom. The van der Waals surface area contributed by atoms with Gasteiger partial charge in [-0.05, 0) is 44.0 Å². The van der Waals surface area contributed by atoms with Gasteiger partial charge < -0.3 is 9.73 Å². The first-order valence-corrected chi connectivity index (χ1v) is 10.2. The summed E-state index contributed by atoms with van der Waals surface area (Å²) in [6.07, 6.45) is 3.08. The van der Waals surface area contributed by atoms with Gasteiger partial charge in [0.05, 0.1) is 24.2 Å². The van der Waals surface area contributed by atoms with E-state index in [-0.39, 0.29) is 29.9 Å². The Morgan fingerprint density at radius 1 is 1.15 bits per heavy atom. The first kappa shape index (κ1) is 20.2. The molecule has 0 radical (unpaired) electrons. The van der Waals surface area contributed by atoms with E-state index >= 15 is 0 Å². The number of carbonyl (C=O) groups is 1. The lowest BCUT2D eigenvalue weighted by Crippen LogP contribution is -2.43. The van der Waals surface area contributed by atoms with Crippen molar-refractivity contribution in [2.24, 2.45) is 0 Å². The molecule has 6 nitrogen and oxygen atoms in total. The van der Waals surface area contributed by atoms with Gasteiger partial charge in [0.2, 0.25) is 15.9 Å². The molecule has 0 aliphatic heterocycles. The van der Waals surface area contributed by atoms with E-state index in [1.807, 2.05) is 20.8 Å². The van der Waals surface area contributed by atoms with Crippen LogP contribution in [0.1, 0.15) is 38.0 Å². The molecule has 1 aromatic heterocycles. The molecule has 0 spiro atoms. The molecule has 7 heteroatoms. The molecule has 0 bridgehead atoms. The Hall–Kier alpha value is -2.12. The van der Waals surface area contributed by atoms with Gasteiger partial charge in [-0.15, -0.1) is 0 Å². The standard InChI is InChI=1S/C19H26N2O4S/c1-4-16(5-2)20-19(22)14-21(13-17-7-6-12-25-17)26(23,24)18-10-8-15(3)9-11-18/h6-12,16H,4-5,13-14H2,1-3H3,(H,20,22). The molecule has 2 aromatic rings. The average molecular weight is 378 g/mol. The second kappa shape index (κ2) is 9.00. The molecule has 0 aliphatic rings. The van der Waals surface area contributed by atoms with Crippen molar-refractivity contribution in [1.82, 2.24) is 9.62 Å². The molecule has 0 fully saturated rings. The van der Waals surface area contributed by atoms with E-state index < -0.39 is 10.0 Å². The van der Waals surface area contributed by atoms with Gasteiger partial charge in [0.1, 0.15) is 5.76 Å². The molecule has 1 heterocycles. The fourth-order valence-electron chi connectivity index (χ4n) is 2.59. The van der Waals surface area contributed by atoms with Crippen LogP contribution in [0.3, 0.4) is 0 Å². The maximum absolute atomic E-state index is 13.0. The number of nitrogens with zero attached hydrogens (tertiary/aromatic N) is 1. The zero-order valence-corrected chi connectivity index (χ0v) is 16.3. The molecule has 1 amide bonds. The Morgan fingerprint density at radius 2 is 1.81 bits per heavy atom. The van der Waals surface area contributed by atoms with Crippen LogP contribution in [0, 0.1) is 6.92 Å². The summed E-state index contributed by atoms with van der Waals surface area (Å²) < 4.78 is 32.5. The third-order valence-corrected chi connectivity index (χ3v) is 6.05. The quantitative estimate of drug-likeness (QED) is 0.727. The summed E-state index contributed by atoms with van der Waals surface area (Å²) >= 11 is 0. The summed E-state index contributed by atoms with van der Waals surface area (Å²) in [5.41, 5.74) is 0.966. The smallest absolute Gasteiger partial charge is 0.243 e. The van der Waals surface area contributed by atoms with Crippen molar-refractivity contribution in [2.75, 3.05) is 6.54 Å². The van der Waals surface area contributed by atoms with Crippen LogP contribution in [0.25, 0.3) is 0 Å². The highest BCUT2D eigenvalue weighted by Crippen LogP contribution is 2.19. The first-order chi connectivity index (χ1) is 12.4. The van der Waals surface area contributed by atoms with Gasteiger partial charge in [0, 0.05) is 6.04 Å². The molecular formula is C19H26N2O4S. The monoisotopic (exact) mass is 378 g/mol. The lowest BCUT2D eigenvalue weighted by Gasteiger charge is -2.22. The molecule has 26 heavy (non-hydrogen) atoms. The van der Waals surface area contributed by atoms with Crippen molar-refractivity contribution < 1.29 is 17.6 Å². The number of hydrogen-bond acceptors (Lipinski definition) is 4. The number of sulfonamides is 1. The second-order valence-corrected chi connectivity index (χ2v) is 8.18. The number of hydrogen-bond donors (Lipinski definition) is 1. The molecule has 1 aromatic carbocycles. The van der Waals surface area contributed by atoms with Gasteiger partial charge in [-0.3, -0.25) is 4.79 Å². The van der Waals surface area contributed by atoms with Crippen LogP contribution in [0.5, 0.6) is 0 Å². The molecule has 0 unspecified atom stereocenters. The minimum Gasteiger partial charge on any atom is -0.468 e. The summed E-state index contributed by atoms with van der Waals surface area (Å²) in [6, 6.07) is 10.0. The number of furan rings is 1. The molecule has 142 valence electrons. The predicted molar refractivity (Wildman–Crippen MR) is 100.0 cm³/mol. The van der Waals surface area contributed by atoms with Crippen LogP contribution in [-0.4, -0.2) is 31.2 Å². The summed E-state index contributed by atoms with van der Waals surface area (Å²) in [7, 11) is -3.83. The third kappa shape index (κ3) is 5.19. The van der Waals surface area contributed by atoms with E-state index in [0.29, 0.717) is 5.76 Å². The number of aryl methyl sites for hydroxylation is 1. The Kier molecular flexibility index (Phi) is 6.99. The maximum atomic E-state index is 13.0. The fourth-order valence-corrected chi connectivity index (χ4v) is 3.95. The average Bonchev–Trinajstić information content (AvgIpc) is 3.12. The lowest BCUT2D eigenvalue weighted by atomic mass is 10.2. The van der Waals surface area contributed by atoms with Gasteiger partial charge in [-0.25, -0.2) is 8.42 Å². The maximum Gasteiger partial charge on any atom is 0.243 e. The minimum absolute atomic E-state index is 0.000450. The molecule has 0 saturated heterocycles. The zero-order valence-electron chi connectivity index (χ0n) is 15.4. The van der Waals surface area contributed by atoms with Crippen molar-refractivity contribution in [3.05, 3.63) is 54.0 Å². The summed E-state index contributed by atoms with van der Waals surface area (Å²) in [5.74, 6) is 0.164. The predicted octanol–water partition coefficient (Wildman–Crippen LogP) is 3.08. The Bertz CT molecular complexity index is 795. The summed E-state index contributed by atoms with van der Waals surface area (Å²) in [5, 5.41) is 2.88. The molecule has 0 atom stereocenters. The number of nitrogens with one attached hydrogen (secondary N) is 1. The lowest BCUT2D eigenvalue weighted by molar-refractivity contribution is -0.122. The Labute approximate surface area is 155 Å². The van der Waals surface area contributed by atoms with E-state index in [9.17, 15) is 13.2 Å². The first-order valence-electron chi connectivity index (χ1n) is 8.75. The highest BCUT2D eigenvalue weighted by Gasteiger charge is 2.28. The largest absolute Gasteiger partial charge is 0.468 e. The van der Waals surface area contributed by atoms with Gasteiger partial charge in [0.25, 0.3) is 0 Å². The second-order valence-electron chi connectivity index (χ2n) is 6.25. The molecule has 0 aliphatic carbocycles. The molecule has 1 N–H and O–H groups in total. The molecular weight excluding hydrogens is 352 g/mol. The highest BCUT2D eigenvalue weighted by atomic mass is 32.2. The third-order valence-electron chi connectivity index (χ3n) is 4.24. The van der Waals surface area contributed by atoms with Crippen molar-refractivity contribution in [2.45, 2.75) is 51.1 Å². The van der Waals surface area contributed by atoms with Crippen LogP contribution in [0.4, 0.5) is 0 Å². The van der Waals surface area contributed by atoms with Crippen molar-refractivity contribution in [3.63, 3.8) is 0 Å². The van der Waals surface area contributed by atoms with Crippen molar-refractivity contribution >= 4 is 15.9 Å². The SMILES string of the molecule is CCC(CC)NC(=O)CN(Cc1ccco1)S(=O)(=O)c1ccc(C)cc1. The number of amides is 1. The normalized spacial score (nSPS) is 11.9. The van der Waals surface area contributed by atoms with Crippen LogP contribution < -0.4 is 5.32 Å². The minimum atomic E-state index is -3.83.